The Morgan fingerprint density at radius 2 is 1.58 bits per heavy atom. The molecule has 0 unspecified atom stereocenters. The normalized spacial score (nSPS) is 11.0. The van der Waals surface area contributed by atoms with Crippen LogP contribution in [0.4, 0.5) is 4.39 Å². The lowest BCUT2D eigenvalue weighted by Crippen LogP contribution is -2.37. The summed E-state index contributed by atoms with van der Waals surface area (Å²) in [5.74, 6) is 1.75. The third-order valence-corrected chi connectivity index (χ3v) is 4.58. The molecule has 4 heteroatoms. The first kappa shape index (κ1) is 16.3. The van der Waals surface area contributed by atoms with Gasteiger partial charge < -0.3 is 4.74 Å². The van der Waals surface area contributed by atoms with Crippen molar-refractivity contribution in [1.29, 1.82) is 0 Å². The predicted molar refractivity (Wildman–Crippen MR) is 99.8 cm³/mol. The molecule has 130 valence electrons. The second-order valence-electron chi connectivity index (χ2n) is 6.33. The number of halogens is 1. The molecule has 4 rings (SSSR count). The van der Waals surface area contributed by atoms with Gasteiger partial charge in [-0.3, -0.25) is 0 Å². The Morgan fingerprint density at radius 1 is 0.885 bits per heavy atom. The minimum absolute atomic E-state index is 0.212. The number of fused-ring (bicyclic) bond motifs is 1. The van der Waals surface area contributed by atoms with E-state index in [4.69, 9.17) is 4.74 Å². The van der Waals surface area contributed by atoms with Crippen LogP contribution >= 0.6 is 0 Å². The maximum absolute atomic E-state index is 13.2. The minimum Gasteiger partial charge on any atom is -0.497 e. The van der Waals surface area contributed by atoms with Gasteiger partial charge in [0.05, 0.1) is 13.5 Å². The predicted octanol–water partition coefficient (Wildman–Crippen LogP) is 4.24. The van der Waals surface area contributed by atoms with Gasteiger partial charge >= 0.3 is 0 Å². The summed E-state index contributed by atoms with van der Waals surface area (Å²) in [5.41, 5.74) is 4.50. The van der Waals surface area contributed by atoms with Crippen LogP contribution in [-0.2, 0) is 13.0 Å². The number of ether oxygens (including phenoxy) is 1. The molecular formula is C22H20FN2O+. The van der Waals surface area contributed by atoms with E-state index in [1.807, 2.05) is 36.4 Å². The molecule has 4 aromatic rings. The molecule has 3 nitrogen and oxygen atoms in total. The average Bonchev–Trinajstić information content (AvgIpc) is 3.01. The number of nitrogens with zero attached hydrogens (tertiary/aromatic N) is 1. The highest BCUT2D eigenvalue weighted by Crippen LogP contribution is 2.16. The third-order valence-electron chi connectivity index (χ3n) is 4.58. The number of para-hydroxylation sites is 2. The van der Waals surface area contributed by atoms with Gasteiger partial charge in [0.2, 0.25) is 0 Å². The SMILES string of the molecule is COc1ccc(Cc2[nH]c3ccccc3[n+]2Cc2ccc(F)cc2)cc1. The highest BCUT2D eigenvalue weighted by molar-refractivity contribution is 5.71. The zero-order chi connectivity index (χ0) is 17.9. The highest BCUT2D eigenvalue weighted by Gasteiger charge is 2.19. The molecule has 0 bridgehead atoms. The maximum atomic E-state index is 13.2. The number of rotatable bonds is 5. The molecule has 1 heterocycles. The maximum Gasteiger partial charge on any atom is 0.259 e. The molecule has 26 heavy (non-hydrogen) atoms. The van der Waals surface area contributed by atoms with Crippen LogP contribution < -0.4 is 9.30 Å². The van der Waals surface area contributed by atoms with Crippen molar-refractivity contribution in [2.75, 3.05) is 7.11 Å². The number of hydrogen-bond donors (Lipinski definition) is 1. The average molecular weight is 347 g/mol. The van der Waals surface area contributed by atoms with Crippen molar-refractivity contribution in [3.63, 3.8) is 0 Å². The molecule has 0 saturated carbocycles. The van der Waals surface area contributed by atoms with E-state index < -0.39 is 0 Å². The number of aromatic amines is 1. The standard InChI is InChI=1S/C22H19FN2O/c1-26-19-12-8-16(9-13-19)14-22-24-20-4-2-3-5-21(20)25(22)15-17-6-10-18(23)11-7-17/h2-13H,14-15H2,1H3/p+1. The lowest BCUT2D eigenvalue weighted by molar-refractivity contribution is -0.669. The van der Waals surface area contributed by atoms with E-state index in [9.17, 15) is 4.39 Å². The monoisotopic (exact) mass is 347 g/mol. The summed E-state index contributed by atoms with van der Waals surface area (Å²) in [6.07, 6.45) is 0.778. The van der Waals surface area contributed by atoms with Gasteiger partial charge in [0.1, 0.15) is 18.1 Å². The third kappa shape index (κ3) is 3.31. The number of imidazole rings is 1. The van der Waals surface area contributed by atoms with Crippen LogP contribution in [0.15, 0.2) is 72.8 Å². The zero-order valence-corrected chi connectivity index (χ0v) is 14.6. The van der Waals surface area contributed by atoms with E-state index in [-0.39, 0.29) is 5.82 Å². The quantitative estimate of drug-likeness (QED) is 0.538. The van der Waals surface area contributed by atoms with Crippen LogP contribution in [0.25, 0.3) is 11.0 Å². The van der Waals surface area contributed by atoms with E-state index in [2.05, 4.69) is 33.8 Å². The first-order valence-corrected chi connectivity index (χ1v) is 8.60. The Bertz CT molecular complexity index is 1020. The Morgan fingerprint density at radius 3 is 2.31 bits per heavy atom. The topological polar surface area (TPSA) is 28.9 Å². The summed E-state index contributed by atoms with van der Waals surface area (Å²) < 4.78 is 20.7. The largest absolute Gasteiger partial charge is 0.497 e. The van der Waals surface area contributed by atoms with Gasteiger partial charge in [-0.15, -0.1) is 0 Å². The first-order valence-electron chi connectivity index (χ1n) is 8.60. The van der Waals surface area contributed by atoms with Gasteiger partial charge in [0.15, 0.2) is 11.0 Å². The molecule has 0 spiro atoms. The van der Waals surface area contributed by atoms with Crippen molar-refractivity contribution in [3.05, 3.63) is 95.6 Å². The molecule has 1 aromatic heterocycles. The smallest absolute Gasteiger partial charge is 0.259 e. The van der Waals surface area contributed by atoms with Crippen LogP contribution in [0.1, 0.15) is 17.0 Å². The summed E-state index contributed by atoms with van der Waals surface area (Å²) in [4.78, 5) is 3.53. The van der Waals surface area contributed by atoms with Gasteiger partial charge in [0, 0.05) is 0 Å². The van der Waals surface area contributed by atoms with Crippen LogP contribution in [0.3, 0.4) is 0 Å². The second kappa shape index (κ2) is 7.00. The van der Waals surface area contributed by atoms with E-state index in [1.165, 1.54) is 17.7 Å². The molecule has 0 aliphatic heterocycles. The van der Waals surface area contributed by atoms with Gasteiger partial charge in [0.25, 0.3) is 5.82 Å². The molecule has 3 aromatic carbocycles. The van der Waals surface area contributed by atoms with Crippen molar-refractivity contribution in [2.24, 2.45) is 0 Å². The van der Waals surface area contributed by atoms with Crippen LogP contribution in [0.5, 0.6) is 5.75 Å². The molecule has 0 radical (unpaired) electrons. The summed E-state index contributed by atoms with van der Waals surface area (Å²) in [6, 6.07) is 23.0. The van der Waals surface area contributed by atoms with E-state index >= 15 is 0 Å². The van der Waals surface area contributed by atoms with Crippen molar-refractivity contribution in [3.8, 4) is 5.75 Å². The molecule has 0 saturated heterocycles. The lowest BCUT2D eigenvalue weighted by Gasteiger charge is -2.04. The fraction of sp³-hybridized carbons (Fsp3) is 0.136. The number of methoxy groups -OCH3 is 1. The first-order chi connectivity index (χ1) is 12.7. The number of hydrogen-bond acceptors (Lipinski definition) is 1. The van der Waals surface area contributed by atoms with Gasteiger partial charge in [-0.05, 0) is 47.5 Å². The number of nitrogens with one attached hydrogen (secondary N) is 1. The van der Waals surface area contributed by atoms with Gasteiger partial charge in [-0.25, -0.2) is 13.9 Å². The van der Waals surface area contributed by atoms with Crippen molar-refractivity contribution in [2.45, 2.75) is 13.0 Å². The lowest BCUT2D eigenvalue weighted by atomic mass is 10.1. The van der Waals surface area contributed by atoms with E-state index in [0.717, 1.165) is 34.6 Å². The fourth-order valence-electron chi connectivity index (χ4n) is 3.21. The number of aromatic nitrogens is 2. The highest BCUT2D eigenvalue weighted by atomic mass is 19.1. The molecule has 0 amide bonds. The van der Waals surface area contributed by atoms with Crippen molar-refractivity contribution in [1.82, 2.24) is 4.98 Å². The summed E-state index contributed by atoms with van der Waals surface area (Å²) in [5, 5.41) is 0. The van der Waals surface area contributed by atoms with E-state index in [1.54, 1.807) is 7.11 Å². The minimum atomic E-state index is -0.212. The number of benzene rings is 3. The van der Waals surface area contributed by atoms with E-state index in [0.29, 0.717) is 6.54 Å². The molecule has 0 aliphatic rings. The fourth-order valence-corrected chi connectivity index (χ4v) is 3.21. The summed E-state index contributed by atoms with van der Waals surface area (Å²) in [7, 11) is 1.67. The molecule has 0 atom stereocenters. The Balaban J connectivity index is 1.71. The van der Waals surface area contributed by atoms with Crippen molar-refractivity contribution < 1.29 is 13.7 Å². The van der Waals surface area contributed by atoms with Crippen LogP contribution in [0, 0.1) is 5.82 Å². The van der Waals surface area contributed by atoms with Crippen LogP contribution in [0.2, 0.25) is 0 Å². The summed E-state index contributed by atoms with van der Waals surface area (Å²) in [6.45, 7) is 0.690. The van der Waals surface area contributed by atoms with Crippen molar-refractivity contribution >= 4 is 11.0 Å². The van der Waals surface area contributed by atoms with Crippen LogP contribution in [-0.4, -0.2) is 12.1 Å². The molecule has 0 fully saturated rings. The number of H-pyrrole nitrogens is 1. The second-order valence-corrected chi connectivity index (χ2v) is 6.33. The Labute approximate surface area is 151 Å². The summed E-state index contributed by atoms with van der Waals surface area (Å²) >= 11 is 0. The van der Waals surface area contributed by atoms with Gasteiger partial charge in [-0.1, -0.05) is 36.4 Å². The Kier molecular flexibility index (Phi) is 4.40. The van der Waals surface area contributed by atoms with Gasteiger partial charge in [-0.2, -0.15) is 0 Å². The zero-order valence-electron chi connectivity index (χ0n) is 14.6. The molecular weight excluding hydrogens is 327 g/mol. The molecule has 1 N–H and O–H groups in total. The molecule has 0 aliphatic carbocycles. The Hall–Kier alpha value is -3.14.